The van der Waals surface area contributed by atoms with Crippen molar-refractivity contribution >= 4 is 0 Å². The second-order valence-corrected chi connectivity index (χ2v) is 7.48. The van der Waals surface area contributed by atoms with Crippen molar-refractivity contribution in [2.24, 2.45) is 29.6 Å². The molecule has 5 unspecified atom stereocenters. The molecule has 116 valence electrons. The number of aromatic nitrogens is 2. The highest BCUT2D eigenvalue weighted by molar-refractivity contribution is 5.19. The molecule has 21 heavy (non-hydrogen) atoms. The van der Waals surface area contributed by atoms with Gasteiger partial charge in [0.25, 0.3) is 0 Å². The number of imidazole rings is 1. The Hall–Kier alpha value is -0.830. The predicted molar refractivity (Wildman–Crippen MR) is 84.9 cm³/mol. The zero-order valence-corrected chi connectivity index (χ0v) is 13.5. The Morgan fingerprint density at radius 3 is 2.67 bits per heavy atom. The number of rotatable bonds is 7. The van der Waals surface area contributed by atoms with Crippen molar-refractivity contribution < 1.29 is 0 Å². The smallest absolute Gasteiger partial charge is 0.126 e. The van der Waals surface area contributed by atoms with Gasteiger partial charge in [-0.3, -0.25) is 0 Å². The Labute approximate surface area is 128 Å². The van der Waals surface area contributed by atoms with Crippen LogP contribution in [0.2, 0.25) is 0 Å². The van der Waals surface area contributed by atoms with Crippen LogP contribution in [-0.2, 0) is 6.54 Å². The third-order valence-corrected chi connectivity index (χ3v) is 6.28. The number of nitrogens with one attached hydrogen (secondary N) is 1. The SMILES string of the molecule is CCCNC(c1nccn1CCC)C1C2C3CCC(C3)C21. The zero-order chi connectivity index (χ0) is 14.4. The standard InChI is InChI=1S/C18H29N3/c1-3-7-19-17(18-20-8-10-21(18)9-4-2)16-14-12-5-6-13(11-12)15(14)16/h8,10,12-17,19H,3-7,9,11H2,1-2H3. The van der Waals surface area contributed by atoms with E-state index in [0.717, 1.165) is 42.7 Å². The van der Waals surface area contributed by atoms with Gasteiger partial charge in [0.2, 0.25) is 0 Å². The minimum atomic E-state index is 0.505. The van der Waals surface area contributed by atoms with Gasteiger partial charge in [-0.2, -0.15) is 0 Å². The first kappa shape index (κ1) is 13.8. The normalized spacial score (nSPS) is 37.7. The van der Waals surface area contributed by atoms with Crippen LogP contribution in [0.25, 0.3) is 0 Å². The zero-order valence-electron chi connectivity index (χ0n) is 13.5. The molecule has 3 saturated carbocycles. The van der Waals surface area contributed by atoms with Crippen LogP contribution in [0.3, 0.4) is 0 Å². The van der Waals surface area contributed by atoms with Crippen LogP contribution in [0, 0.1) is 29.6 Å². The Kier molecular flexibility index (Phi) is 3.56. The molecule has 4 rings (SSSR count). The molecular formula is C18H29N3. The largest absolute Gasteiger partial charge is 0.334 e. The molecule has 1 aromatic heterocycles. The maximum absolute atomic E-state index is 4.75. The molecule has 3 aliphatic rings. The van der Waals surface area contributed by atoms with E-state index in [-0.39, 0.29) is 0 Å². The first-order valence-corrected chi connectivity index (χ1v) is 9.09. The molecule has 0 spiro atoms. The number of aryl methyl sites for hydroxylation is 1. The number of fused-ring (bicyclic) bond motifs is 5. The Morgan fingerprint density at radius 1 is 1.24 bits per heavy atom. The Bertz CT molecular complexity index is 478. The van der Waals surface area contributed by atoms with Crippen molar-refractivity contribution in [3.63, 3.8) is 0 Å². The molecule has 1 heterocycles. The summed E-state index contributed by atoms with van der Waals surface area (Å²) in [5.74, 6) is 6.32. The van der Waals surface area contributed by atoms with Gasteiger partial charge in [-0.25, -0.2) is 4.98 Å². The molecule has 3 nitrogen and oxygen atoms in total. The molecule has 0 aliphatic heterocycles. The molecule has 1 aromatic rings. The van der Waals surface area contributed by atoms with Crippen molar-refractivity contribution in [3.05, 3.63) is 18.2 Å². The molecule has 1 N–H and O–H groups in total. The van der Waals surface area contributed by atoms with Crippen LogP contribution in [0.1, 0.15) is 57.8 Å². The van der Waals surface area contributed by atoms with Crippen molar-refractivity contribution in [2.45, 2.75) is 58.5 Å². The molecule has 0 aromatic carbocycles. The summed E-state index contributed by atoms with van der Waals surface area (Å²) < 4.78 is 2.39. The van der Waals surface area contributed by atoms with Crippen LogP contribution < -0.4 is 5.32 Å². The predicted octanol–water partition coefficient (Wildman–Crippen LogP) is 3.63. The van der Waals surface area contributed by atoms with E-state index in [1.165, 1.54) is 37.9 Å². The first-order valence-electron chi connectivity index (χ1n) is 9.09. The molecule has 0 saturated heterocycles. The Morgan fingerprint density at radius 2 is 2.00 bits per heavy atom. The molecule has 3 aliphatic carbocycles. The van der Waals surface area contributed by atoms with Gasteiger partial charge in [-0.15, -0.1) is 0 Å². The van der Waals surface area contributed by atoms with Gasteiger partial charge in [0.15, 0.2) is 0 Å². The molecular weight excluding hydrogens is 258 g/mol. The highest BCUT2D eigenvalue weighted by atomic mass is 15.1. The highest BCUT2D eigenvalue weighted by Gasteiger charge is 2.67. The summed E-state index contributed by atoms with van der Waals surface area (Å²) in [6, 6.07) is 0.505. The molecule has 0 radical (unpaired) electrons. The first-order chi connectivity index (χ1) is 10.3. The van der Waals surface area contributed by atoms with Gasteiger partial charge < -0.3 is 9.88 Å². The molecule has 2 bridgehead atoms. The van der Waals surface area contributed by atoms with E-state index in [0.29, 0.717) is 6.04 Å². The van der Waals surface area contributed by atoms with E-state index >= 15 is 0 Å². The third-order valence-electron chi connectivity index (χ3n) is 6.28. The third kappa shape index (κ3) is 2.16. The lowest BCUT2D eigenvalue weighted by atomic mass is 9.96. The second kappa shape index (κ2) is 5.42. The fraction of sp³-hybridized carbons (Fsp3) is 0.833. The monoisotopic (exact) mass is 287 g/mol. The minimum absolute atomic E-state index is 0.505. The van der Waals surface area contributed by atoms with Gasteiger partial charge >= 0.3 is 0 Å². The number of nitrogens with zero attached hydrogens (tertiary/aromatic N) is 2. The number of hydrogen-bond acceptors (Lipinski definition) is 2. The summed E-state index contributed by atoms with van der Waals surface area (Å²) >= 11 is 0. The van der Waals surface area contributed by atoms with E-state index in [1.54, 1.807) is 0 Å². The molecule has 3 heteroatoms. The van der Waals surface area contributed by atoms with Crippen LogP contribution in [0.4, 0.5) is 0 Å². The quantitative estimate of drug-likeness (QED) is 0.830. The van der Waals surface area contributed by atoms with Crippen molar-refractivity contribution in [1.82, 2.24) is 14.9 Å². The van der Waals surface area contributed by atoms with Crippen LogP contribution in [0.15, 0.2) is 12.4 Å². The lowest BCUT2D eigenvalue weighted by molar-refractivity contribution is 0.350. The van der Waals surface area contributed by atoms with Crippen LogP contribution >= 0.6 is 0 Å². The fourth-order valence-corrected chi connectivity index (χ4v) is 5.57. The number of hydrogen-bond donors (Lipinski definition) is 1. The minimum Gasteiger partial charge on any atom is -0.334 e. The van der Waals surface area contributed by atoms with E-state index in [9.17, 15) is 0 Å². The van der Waals surface area contributed by atoms with E-state index in [1.807, 2.05) is 6.20 Å². The second-order valence-electron chi connectivity index (χ2n) is 7.48. The van der Waals surface area contributed by atoms with E-state index < -0.39 is 0 Å². The summed E-state index contributed by atoms with van der Waals surface area (Å²) in [5, 5.41) is 3.85. The topological polar surface area (TPSA) is 29.9 Å². The maximum Gasteiger partial charge on any atom is 0.126 e. The average Bonchev–Trinajstić information content (AvgIpc) is 2.87. The average molecular weight is 287 g/mol. The van der Waals surface area contributed by atoms with Crippen LogP contribution in [0.5, 0.6) is 0 Å². The lowest BCUT2D eigenvalue weighted by Crippen LogP contribution is -2.29. The highest BCUT2D eigenvalue weighted by Crippen LogP contribution is 2.72. The summed E-state index contributed by atoms with van der Waals surface area (Å²) in [4.78, 5) is 4.75. The lowest BCUT2D eigenvalue weighted by Gasteiger charge is -2.22. The molecule has 0 amide bonds. The van der Waals surface area contributed by atoms with E-state index in [4.69, 9.17) is 4.98 Å². The van der Waals surface area contributed by atoms with E-state index in [2.05, 4.69) is 29.9 Å². The van der Waals surface area contributed by atoms with Gasteiger partial charge in [-0.1, -0.05) is 13.8 Å². The van der Waals surface area contributed by atoms with Gasteiger partial charge in [0.1, 0.15) is 5.82 Å². The van der Waals surface area contributed by atoms with Crippen LogP contribution in [-0.4, -0.2) is 16.1 Å². The van der Waals surface area contributed by atoms with Crippen molar-refractivity contribution in [2.75, 3.05) is 6.54 Å². The molecule has 5 atom stereocenters. The summed E-state index contributed by atoms with van der Waals surface area (Å²) in [6.07, 6.45) is 11.1. The van der Waals surface area contributed by atoms with Crippen molar-refractivity contribution in [1.29, 1.82) is 0 Å². The van der Waals surface area contributed by atoms with Gasteiger partial charge in [0, 0.05) is 18.9 Å². The van der Waals surface area contributed by atoms with Gasteiger partial charge in [0.05, 0.1) is 6.04 Å². The summed E-state index contributed by atoms with van der Waals surface area (Å²) in [7, 11) is 0. The fourth-order valence-electron chi connectivity index (χ4n) is 5.57. The van der Waals surface area contributed by atoms with Gasteiger partial charge in [-0.05, 0) is 68.2 Å². The van der Waals surface area contributed by atoms with Crippen molar-refractivity contribution in [3.8, 4) is 0 Å². The maximum atomic E-state index is 4.75. The molecule has 3 fully saturated rings. The summed E-state index contributed by atoms with van der Waals surface area (Å²) in [5.41, 5.74) is 0. The Balaban J connectivity index is 1.56. The summed E-state index contributed by atoms with van der Waals surface area (Å²) in [6.45, 7) is 6.74.